The van der Waals surface area contributed by atoms with Gasteiger partial charge >= 0.3 is 11.5 Å². The number of carbonyl (C=O) groups excluding carboxylic acids is 2. The van der Waals surface area contributed by atoms with Gasteiger partial charge in [0, 0.05) is 41.3 Å². The number of amides is 2. The van der Waals surface area contributed by atoms with E-state index in [1.807, 2.05) is 6.08 Å². The van der Waals surface area contributed by atoms with Crippen molar-refractivity contribution in [2.75, 3.05) is 12.4 Å². The summed E-state index contributed by atoms with van der Waals surface area (Å²) in [5, 5.41) is 14.3. The number of carboxylic acids is 1. The number of ether oxygens (including phenoxy) is 1. The number of hydrogen-bond acceptors (Lipinski definition) is 8. The van der Waals surface area contributed by atoms with Gasteiger partial charge in [-0.05, 0) is 42.5 Å². The van der Waals surface area contributed by atoms with Gasteiger partial charge in [0.1, 0.15) is 11.6 Å². The fourth-order valence-corrected chi connectivity index (χ4v) is 6.21. The van der Waals surface area contributed by atoms with E-state index in [1.165, 1.54) is 19.2 Å². The molecule has 11 nitrogen and oxygen atoms in total. The van der Waals surface area contributed by atoms with E-state index in [2.05, 4.69) is 20.6 Å². The predicted molar refractivity (Wildman–Crippen MR) is 145 cm³/mol. The van der Waals surface area contributed by atoms with Crippen LogP contribution in [0, 0.1) is 23.6 Å². The summed E-state index contributed by atoms with van der Waals surface area (Å²) in [6, 6.07) is 5.12. The van der Waals surface area contributed by atoms with Crippen molar-refractivity contribution in [2.45, 2.75) is 22.9 Å². The maximum Gasteiger partial charge on any atom is 0.501 e. The Labute approximate surface area is 246 Å². The molecule has 2 bridgehead atoms. The summed E-state index contributed by atoms with van der Waals surface area (Å²) >= 11 is 0. The van der Waals surface area contributed by atoms with Crippen LogP contribution in [0.5, 0.6) is 5.75 Å². The number of aromatic nitrogens is 2. The molecule has 4 atom stereocenters. The van der Waals surface area contributed by atoms with Crippen LogP contribution in [0.4, 0.5) is 23.2 Å². The minimum Gasteiger partial charge on any atom is -0.496 e. The average molecular weight is 635 g/mol. The molecule has 2 aliphatic rings. The summed E-state index contributed by atoms with van der Waals surface area (Å²) in [5.41, 5.74) is -5.86. The largest absolute Gasteiger partial charge is 0.501 e. The van der Waals surface area contributed by atoms with Crippen molar-refractivity contribution >= 4 is 33.3 Å². The predicted octanol–water partition coefficient (Wildman–Crippen LogP) is 3.84. The van der Waals surface area contributed by atoms with E-state index in [-0.39, 0.29) is 40.0 Å². The molecule has 2 aromatic carbocycles. The Balaban J connectivity index is 1.40. The lowest BCUT2D eigenvalue weighted by Crippen LogP contribution is -2.47. The second-order valence-corrected chi connectivity index (χ2v) is 12.0. The molecule has 0 saturated heterocycles. The number of rotatable bonds is 8. The Kier molecular flexibility index (Phi) is 7.88. The number of hydrogen-bond donors (Lipinski definition) is 3. The second-order valence-electron chi connectivity index (χ2n) is 10.1. The van der Waals surface area contributed by atoms with Crippen molar-refractivity contribution in [1.82, 2.24) is 15.3 Å². The fraction of sp³-hybridized carbons (Fsp3) is 0.250. The molecule has 1 fully saturated rings. The minimum atomic E-state index is -5.65. The highest BCUT2D eigenvalue weighted by atomic mass is 32.2. The van der Waals surface area contributed by atoms with Gasteiger partial charge in [0.15, 0.2) is 0 Å². The summed E-state index contributed by atoms with van der Waals surface area (Å²) in [6.45, 7) is 0. The van der Waals surface area contributed by atoms with E-state index in [0.717, 1.165) is 30.6 Å². The van der Waals surface area contributed by atoms with Crippen molar-refractivity contribution in [2.24, 2.45) is 17.8 Å². The number of methoxy groups -OCH3 is 1. The maximum atomic E-state index is 14.9. The molecular weight excluding hydrogens is 612 g/mol. The number of aromatic carboxylic acids is 1. The Morgan fingerprint density at radius 1 is 1.05 bits per heavy atom. The molecule has 2 aliphatic carbocycles. The van der Waals surface area contributed by atoms with E-state index < -0.39 is 61.6 Å². The number of allylic oxidation sites excluding steroid dienone is 1. The maximum absolute atomic E-state index is 14.9. The first-order valence-corrected chi connectivity index (χ1v) is 14.3. The lowest BCUT2D eigenvalue weighted by atomic mass is 9.87. The van der Waals surface area contributed by atoms with Crippen molar-refractivity contribution < 1.29 is 50.2 Å². The van der Waals surface area contributed by atoms with Gasteiger partial charge in [0.05, 0.1) is 23.5 Å². The average Bonchev–Trinajstić information content (AvgIpc) is 3.58. The standard InChI is InChI=1S/C28H22F4N4O7S/c1-43-21-10-20(29)18(15-11-33-24(27(39)40)34-12-15)9-19(21)25(37)36-23-14-6-5-13(7-14)22(23)26(38)35-16-3-2-4-17(8-16)44(41,42)28(30,31)32/h2-6,8-14,22-23H,7H2,1H3,(H,35,38)(H,36,37)(H,39,40)/t13-,14+,22+,23-/m0/s1. The van der Waals surface area contributed by atoms with E-state index in [9.17, 15) is 40.4 Å². The van der Waals surface area contributed by atoms with Gasteiger partial charge < -0.3 is 20.5 Å². The van der Waals surface area contributed by atoms with Gasteiger partial charge in [-0.2, -0.15) is 13.2 Å². The van der Waals surface area contributed by atoms with E-state index in [4.69, 9.17) is 9.84 Å². The topological polar surface area (TPSA) is 165 Å². The zero-order valence-corrected chi connectivity index (χ0v) is 23.3. The third-order valence-corrected chi connectivity index (χ3v) is 8.95. The number of nitrogens with zero attached hydrogens (tertiary/aromatic N) is 2. The molecule has 0 unspecified atom stereocenters. The van der Waals surface area contributed by atoms with Crippen LogP contribution in [0.3, 0.4) is 0 Å². The van der Waals surface area contributed by atoms with Crippen molar-refractivity contribution in [3.05, 3.63) is 78.1 Å². The number of nitrogens with one attached hydrogen (secondary N) is 2. The third kappa shape index (κ3) is 5.59. The minimum absolute atomic E-state index is 0.0825. The zero-order chi connectivity index (χ0) is 32.0. The molecular formula is C28H22F4N4O7S. The highest BCUT2D eigenvalue weighted by Crippen LogP contribution is 2.45. The molecule has 3 aromatic rings. The monoisotopic (exact) mass is 634 g/mol. The second kappa shape index (κ2) is 11.3. The van der Waals surface area contributed by atoms with Gasteiger partial charge in [-0.25, -0.2) is 27.6 Å². The smallest absolute Gasteiger partial charge is 0.496 e. The fourth-order valence-electron chi connectivity index (χ4n) is 5.41. The summed E-state index contributed by atoms with van der Waals surface area (Å²) in [7, 11) is -4.43. The normalized spacial score (nSPS) is 20.8. The first-order valence-electron chi connectivity index (χ1n) is 12.9. The lowest BCUT2D eigenvalue weighted by Gasteiger charge is -2.28. The number of carbonyl (C=O) groups is 3. The molecule has 1 saturated carbocycles. The van der Waals surface area contributed by atoms with Gasteiger partial charge in [-0.3, -0.25) is 9.59 Å². The summed E-state index contributed by atoms with van der Waals surface area (Å²) in [6.07, 6.45) is 6.27. The SMILES string of the molecule is COc1cc(F)c(-c2cnc(C(=O)O)nc2)cc1C(=O)N[C@@H]1[C@H](C(=O)Nc2cccc(S(=O)(=O)C(F)(F)F)c2)[C@H]2C=C[C@@H]1C2. The Bertz CT molecular complexity index is 1800. The van der Waals surface area contributed by atoms with Crippen LogP contribution in [-0.4, -0.2) is 59.9 Å². The van der Waals surface area contributed by atoms with Crippen LogP contribution in [-0.2, 0) is 14.6 Å². The summed E-state index contributed by atoms with van der Waals surface area (Å²) in [5.74, 6) is -5.70. The quantitative estimate of drug-likeness (QED) is 0.247. The van der Waals surface area contributed by atoms with Crippen LogP contribution in [0.1, 0.15) is 27.4 Å². The number of carboxylic acid groups (broad SMARTS) is 1. The van der Waals surface area contributed by atoms with Gasteiger partial charge in [-0.15, -0.1) is 0 Å². The lowest BCUT2D eigenvalue weighted by molar-refractivity contribution is -0.121. The van der Waals surface area contributed by atoms with Gasteiger partial charge in [0.2, 0.25) is 11.7 Å². The van der Waals surface area contributed by atoms with Crippen molar-refractivity contribution in [1.29, 1.82) is 0 Å². The third-order valence-electron chi connectivity index (χ3n) is 7.46. The highest BCUT2D eigenvalue weighted by molar-refractivity contribution is 7.92. The molecule has 1 heterocycles. The molecule has 5 rings (SSSR count). The van der Waals surface area contributed by atoms with Crippen molar-refractivity contribution in [3.63, 3.8) is 0 Å². The van der Waals surface area contributed by atoms with E-state index in [1.54, 1.807) is 6.08 Å². The summed E-state index contributed by atoms with van der Waals surface area (Å²) in [4.78, 5) is 44.2. The Hall–Kier alpha value is -4.86. The Morgan fingerprint density at radius 2 is 1.73 bits per heavy atom. The number of sulfone groups is 1. The highest BCUT2D eigenvalue weighted by Gasteiger charge is 2.49. The van der Waals surface area contributed by atoms with E-state index >= 15 is 0 Å². The molecule has 2 amide bonds. The van der Waals surface area contributed by atoms with Crippen LogP contribution < -0.4 is 15.4 Å². The van der Waals surface area contributed by atoms with Crippen LogP contribution in [0.15, 0.2) is 65.8 Å². The van der Waals surface area contributed by atoms with Gasteiger partial charge in [-0.1, -0.05) is 18.2 Å². The number of fused-ring (bicyclic) bond motifs is 2. The van der Waals surface area contributed by atoms with Crippen LogP contribution >= 0.6 is 0 Å². The van der Waals surface area contributed by atoms with Crippen molar-refractivity contribution in [3.8, 4) is 16.9 Å². The number of anilines is 1. The first kappa shape index (κ1) is 30.6. The van der Waals surface area contributed by atoms with E-state index in [0.29, 0.717) is 12.5 Å². The first-order chi connectivity index (χ1) is 20.7. The molecule has 0 aliphatic heterocycles. The number of halogens is 4. The van der Waals surface area contributed by atoms with Crippen LogP contribution in [0.2, 0.25) is 0 Å². The molecule has 3 N–H and O–H groups in total. The van der Waals surface area contributed by atoms with Gasteiger partial charge in [0.25, 0.3) is 15.7 Å². The molecule has 1 aromatic heterocycles. The van der Waals surface area contributed by atoms with Crippen LogP contribution in [0.25, 0.3) is 11.1 Å². The molecule has 0 radical (unpaired) electrons. The Morgan fingerprint density at radius 3 is 2.36 bits per heavy atom. The molecule has 0 spiro atoms. The molecule has 44 heavy (non-hydrogen) atoms. The molecule has 16 heteroatoms. The zero-order valence-electron chi connectivity index (χ0n) is 22.5. The summed E-state index contributed by atoms with van der Waals surface area (Å²) < 4.78 is 82.9. The number of alkyl halides is 3. The molecule has 230 valence electrons. The number of benzene rings is 2.